The van der Waals surface area contributed by atoms with Gasteiger partial charge < -0.3 is 10.2 Å². The number of rotatable bonds is 6. The molecule has 9 nitrogen and oxygen atoms in total. The Hall–Kier alpha value is -3.41. The lowest BCUT2D eigenvalue weighted by Gasteiger charge is -2.41. The SMILES string of the molecule is CC(=O)c1ccc(N2CCC(N3CCCC(Nc4cc(F)c(S(C)(=O)=O)cc4F)C3=O)CC2=O)nc1. The summed E-state index contributed by atoms with van der Waals surface area (Å²) >= 11 is 0. The van der Waals surface area contributed by atoms with Gasteiger partial charge in [0.1, 0.15) is 28.4 Å². The number of halogens is 2. The van der Waals surface area contributed by atoms with E-state index in [2.05, 4.69) is 10.3 Å². The van der Waals surface area contributed by atoms with Crippen LogP contribution in [0, 0.1) is 11.6 Å². The Morgan fingerprint density at radius 1 is 1.11 bits per heavy atom. The maximum atomic E-state index is 14.5. The molecule has 1 aromatic heterocycles. The van der Waals surface area contributed by atoms with Gasteiger partial charge in [0, 0.05) is 49.6 Å². The Morgan fingerprint density at radius 2 is 1.86 bits per heavy atom. The Bertz CT molecular complexity index is 1320. The van der Waals surface area contributed by atoms with E-state index in [1.807, 2.05) is 0 Å². The number of pyridine rings is 1. The van der Waals surface area contributed by atoms with E-state index in [1.54, 1.807) is 17.0 Å². The van der Waals surface area contributed by atoms with Gasteiger partial charge in [-0.15, -0.1) is 0 Å². The molecule has 36 heavy (non-hydrogen) atoms. The second-order valence-electron chi connectivity index (χ2n) is 9.06. The fourth-order valence-electron chi connectivity index (χ4n) is 4.59. The molecular formula is C24H26F2N4O5S. The monoisotopic (exact) mass is 520 g/mol. The lowest BCUT2D eigenvalue weighted by molar-refractivity contribution is -0.138. The Kier molecular flexibility index (Phi) is 7.07. The number of Topliss-reactive ketones (excluding diaryl/α,β-unsaturated/α-hetero) is 1. The first kappa shape index (κ1) is 25.7. The highest BCUT2D eigenvalue weighted by molar-refractivity contribution is 7.90. The number of hydrogen-bond donors (Lipinski definition) is 1. The van der Waals surface area contributed by atoms with Gasteiger partial charge in [0.25, 0.3) is 0 Å². The van der Waals surface area contributed by atoms with Crippen LogP contribution in [0.5, 0.6) is 0 Å². The van der Waals surface area contributed by atoms with E-state index in [4.69, 9.17) is 0 Å². The molecule has 0 aliphatic carbocycles. The van der Waals surface area contributed by atoms with Crippen molar-refractivity contribution in [2.75, 3.05) is 29.6 Å². The van der Waals surface area contributed by atoms with Crippen molar-refractivity contribution in [1.29, 1.82) is 0 Å². The Balaban J connectivity index is 1.44. The van der Waals surface area contributed by atoms with Crippen molar-refractivity contribution in [3.8, 4) is 0 Å². The van der Waals surface area contributed by atoms with E-state index in [9.17, 15) is 31.6 Å². The highest BCUT2D eigenvalue weighted by Crippen LogP contribution is 2.28. The van der Waals surface area contributed by atoms with Crippen molar-refractivity contribution in [1.82, 2.24) is 9.88 Å². The number of nitrogens with one attached hydrogen (secondary N) is 1. The number of likely N-dealkylation sites (tertiary alicyclic amines) is 1. The molecule has 3 heterocycles. The molecule has 2 atom stereocenters. The van der Waals surface area contributed by atoms with Gasteiger partial charge in [-0.05, 0) is 44.4 Å². The molecule has 2 unspecified atom stereocenters. The minimum atomic E-state index is -3.95. The molecule has 0 radical (unpaired) electrons. The summed E-state index contributed by atoms with van der Waals surface area (Å²) in [4.78, 5) is 44.1. The Labute approximate surface area is 207 Å². The normalized spacial score (nSPS) is 21.0. The van der Waals surface area contributed by atoms with Gasteiger partial charge in [0.05, 0.1) is 5.69 Å². The largest absolute Gasteiger partial charge is 0.371 e. The average Bonchev–Trinajstić information content (AvgIpc) is 2.81. The van der Waals surface area contributed by atoms with Crippen LogP contribution in [0.1, 0.15) is 43.0 Å². The molecule has 0 saturated carbocycles. The van der Waals surface area contributed by atoms with Crippen molar-refractivity contribution >= 4 is 38.9 Å². The molecule has 0 spiro atoms. The number of piperidine rings is 2. The summed E-state index contributed by atoms with van der Waals surface area (Å²) in [5.41, 5.74) is 0.145. The van der Waals surface area contributed by atoms with Gasteiger partial charge in [-0.25, -0.2) is 22.2 Å². The topological polar surface area (TPSA) is 117 Å². The number of amides is 2. The molecule has 2 aliphatic rings. The number of benzene rings is 1. The second-order valence-corrected chi connectivity index (χ2v) is 11.0. The van der Waals surface area contributed by atoms with E-state index in [1.165, 1.54) is 18.0 Å². The number of ketones is 1. The standard InChI is InChI=1S/C24H26F2N4O5S/c1-14(31)15-5-6-22(27-13-15)30-9-7-16(10-23(30)32)29-8-3-4-19(24(29)33)28-20-11-18(26)21(12-17(20)25)36(2,34)35/h5-6,11-13,16,19,28H,3-4,7-10H2,1-2H3. The van der Waals surface area contributed by atoms with Crippen molar-refractivity contribution in [2.24, 2.45) is 0 Å². The first-order valence-corrected chi connectivity index (χ1v) is 13.4. The smallest absolute Gasteiger partial charge is 0.245 e. The fourth-order valence-corrected chi connectivity index (χ4v) is 5.32. The molecular weight excluding hydrogens is 494 g/mol. The van der Waals surface area contributed by atoms with E-state index in [0.717, 1.165) is 12.3 Å². The van der Waals surface area contributed by atoms with Crippen molar-refractivity contribution in [3.05, 3.63) is 47.7 Å². The van der Waals surface area contributed by atoms with Gasteiger partial charge in [-0.2, -0.15) is 0 Å². The molecule has 1 aromatic carbocycles. The fraction of sp³-hybridized carbons (Fsp3) is 0.417. The number of anilines is 2. The van der Waals surface area contributed by atoms with Gasteiger partial charge in [-0.1, -0.05) is 0 Å². The zero-order valence-electron chi connectivity index (χ0n) is 19.8. The minimum Gasteiger partial charge on any atom is -0.371 e. The zero-order valence-corrected chi connectivity index (χ0v) is 20.6. The second kappa shape index (κ2) is 9.92. The van der Waals surface area contributed by atoms with E-state index in [-0.39, 0.29) is 35.7 Å². The van der Waals surface area contributed by atoms with E-state index in [0.29, 0.717) is 49.8 Å². The van der Waals surface area contributed by atoms with Gasteiger partial charge in [0.15, 0.2) is 15.6 Å². The van der Waals surface area contributed by atoms with Gasteiger partial charge in [0.2, 0.25) is 11.8 Å². The van der Waals surface area contributed by atoms with Crippen LogP contribution >= 0.6 is 0 Å². The van der Waals surface area contributed by atoms with Crippen LogP contribution in [0.25, 0.3) is 0 Å². The number of hydrogen-bond acceptors (Lipinski definition) is 7. The van der Waals surface area contributed by atoms with E-state index >= 15 is 0 Å². The van der Waals surface area contributed by atoms with Gasteiger partial charge in [-0.3, -0.25) is 19.3 Å². The van der Waals surface area contributed by atoms with Crippen LogP contribution in [0.3, 0.4) is 0 Å². The quantitative estimate of drug-likeness (QED) is 0.582. The van der Waals surface area contributed by atoms with Gasteiger partial charge >= 0.3 is 0 Å². The highest BCUT2D eigenvalue weighted by atomic mass is 32.2. The van der Waals surface area contributed by atoms with Crippen LogP contribution in [0.15, 0.2) is 35.4 Å². The summed E-state index contributed by atoms with van der Waals surface area (Å²) in [6.45, 7) is 2.20. The number of carbonyl (C=O) groups is 3. The molecule has 2 saturated heterocycles. The number of carbonyl (C=O) groups excluding carboxylic acids is 3. The van der Waals surface area contributed by atoms with Crippen LogP contribution in [-0.4, -0.2) is 67.3 Å². The van der Waals surface area contributed by atoms with Crippen molar-refractivity contribution in [2.45, 2.75) is 49.6 Å². The first-order chi connectivity index (χ1) is 17.0. The number of sulfone groups is 1. The lowest BCUT2D eigenvalue weighted by Crippen LogP contribution is -2.56. The summed E-state index contributed by atoms with van der Waals surface area (Å²) in [5.74, 6) is -2.31. The summed E-state index contributed by atoms with van der Waals surface area (Å²) in [6.07, 6.45) is 3.77. The highest BCUT2D eigenvalue weighted by Gasteiger charge is 2.38. The number of aromatic nitrogens is 1. The summed E-state index contributed by atoms with van der Waals surface area (Å²) in [5, 5.41) is 2.71. The molecule has 192 valence electrons. The zero-order chi connectivity index (χ0) is 26.2. The minimum absolute atomic E-state index is 0.0840. The van der Waals surface area contributed by atoms with Crippen LogP contribution in [0.2, 0.25) is 0 Å². The van der Waals surface area contributed by atoms with Crippen molar-refractivity contribution < 1.29 is 31.6 Å². The lowest BCUT2D eigenvalue weighted by atomic mass is 9.96. The first-order valence-electron chi connectivity index (χ1n) is 11.5. The molecule has 2 fully saturated rings. The average molecular weight is 521 g/mol. The van der Waals surface area contributed by atoms with Crippen LogP contribution in [-0.2, 0) is 19.4 Å². The maximum Gasteiger partial charge on any atom is 0.245 e. The van der Waals surface area contributed by atoms with Crippen molar-refractivity contribution in [3.63, 3.8) is 0 Å². The molecule has 2 aliphatic heterocycles. The third-order valence-electron chi connectivity index (χ3n) is 6.49. The third kappa shape index (κ3) is 5.23. The van der Waals surface area contributed by atoms with Crippen LogP contribution < -0.4 is 10.2 Å². The molecule has 2 aromatic rings. The summed E-state index contributed by atoms with van der Waals surface area (Å²) in [7, 11) is -3.95. The molecule has 1 N–H and O–H groups in total. The predicted octanol–water partition coefficient (Wildman–Crippen LogP) is 2.56. The third-order valence-corrected chi connectivity index (χ3v) is 7.60. The Morgan fingerprint density at radius 3 is 2.47 bits per heavy atom. The predicted molar refractivity (Wildman–Crippen MR) is 127 cm³/mol. The maximum absolute atomic E-state index is 14.5. The summed E-state index contributed by atoms with van der Waals surface area (Å²) in [6, 6.07) is 3.37. The number of nitrogens with zero attached hydrogens (tertiary/aromatic N) is 3. The molecule has 4 rings (SSSR count). The molecule has 2 amide bonds. The molecule has 0 bridgehead atoms. The summed E-state index contributed by atoms with van der Waals surface area (Å²) < 4.78 is 52.1. The van der Waals surface area contributed by atoms with E-state index < -0.39 is 32.4 Å². The molecule has 12 heteroatoms. The van der Waals surface area contributed by atoms with Crippen LogP contribution in [0.4, 0.5) is 20.3 Å².